The molecule has 0 atom stereocenters. The SMILES string of the molecule is CNc1ccc(C(=O)NCCc2cnn(C)c2)nn1. The third-order valence-corrected chi connectivity index (χ3v) is 2.61. The fourth-order valence-electron chi connectivity index (χ4n) is 1.60. The van der Waals surface area contributed by atoms with Crippen molar-refractivity contribution in [1.82, 2.24) is 25.3 Å². The molecule has 0 aromatic carbocycles. The molecule has 2 aromatic rings. The van der Waals surface area contributed by atoms with Crippen molar-refractivity contribution in [2.24, 2.45) is 7.05 Å². The van der Waals surface area contributed by atoms with Crippen LogP contribution >= 0.6 is 0 Å². The molecule has 7 heteroatoms. The van der Waals surface area contributed by atoms with E-state index in [-0.39, 0.29) is 5.91 Å². The number of rotatable bonds is 5. The topological polar surface area (TPSA) is 84.7 Å². The molecule has 2 heterocycles. The quantitative estimate of drug-likeness (QED) is 0.803. The van der Waals surface area contributed by atoms with E-state index in [9.17, 15) is 4.79 Å². The number of aromatic nitrogens is 4. The van der Waals surface area contributed by atoms with Gasteiger partial charge in [0.2, 0.25) is 0 Å². The second kappa shape index (κ2) is 5.94. The summed E-state index contributed by atoms with van der Waals surface area (Å²) in [7, 11) is 3.61. The van der Waals surface area contributed by atoms with Gasteiger partial charge in [0.15, 0.2) is 5.69 Å². The zero-order chi connectivity index (χ0) is 13.7. The monoisotopic (exact) mass is 260 g/mol. The molecule has 19 heavy (non-hydrogen) atoms. The first-order valence-corrected chi connectivity index (χ1v) is 5.96. The van der Waals surface area contributed by atoms with Gasteiger partial charge in [0.25, 0.3) is 5.91 Å². The number of carbonyl (C=O) groups excluding carboxylic acids is 1. The van der Waals surface area contributed by atoms with Crippen LogP contribution in [0.15, 0.2) is 24.5 Å². The molecule has 7 nitrogen and oxygen atoms in total. The Kier molecular flexibility index (Phi) is 4.07. The summed E-state index contributed by atoms with van der Waals surface area (Å²) in [5, 5.41) is 17.4. The predicted octanol–water partition coefficient (Wildman–Crippen LogP) is 0.224. The molecular weight excluding hydrogens is 244 g/mol. The summed E-state index contributed by atoms with van der Waals surface area (Å²) in [6, 6.07) is 3.35. The molecule has 0 unspecified atom stereocenters. The van der Waals surface area contributed by atoms with Crippen LogP contribution in [0.1, 0.15) is 16.1 Å². The highest BCUT2D eigenvalue weighted by Crippen LogP contribution is 2.01. The molecule has 0 radical (unpaired) electrons. The molecule has 2 rings (SSSR count). The average molecular weight is 260 g/mol. The number of anilines is 1. The summed E-state index contributed by atoms with van der Waals surface area (Å²) in [5.41, 5.74) is 1.39. The van der Waals surface area contributed by atoms with Crippen LogP contribution in [0.5, 0.6) is 0 Å². The molecule has 0 fully saturated rings. The van der Waals surface area contributed by atoms with Crippen LogP contribution in [-0.2, 0) is 13.5 Å². The Morgan fingerprint density at radius 2 is 2.21 bits per heavy atom. The van der Waals surface area contributed by atoms with Crippen LogP contribution in [0.25, 0.3) is 0 Å². The van der Waals surface area contributed by atoms with Crippen molar-refractivity contribution in [2.45, 2.75) is 6.42 Å². The third-order valence-electron chi connectivity index (χ3n) is 2.61. The number of nitrogens with zero attached hydrogens (tertiary/aromatic N) is 4. The van der Waals surface area contributed by atoms with E-state index >= 15 is 0 Å². The van der Waals surface area contributed by atoms with Crippen LogP contribution in [0.2, 0.25) is 0 Å². The van der Waals surface area contributed by atoms with Gasteiger partial charge >= 0.3 is 0 Å². The summed E-state index contributed by atoms with van der Waals surface area (Å²) in [6.45, 7) is 0.542. The number of hydrogen-bond acceptors (Lipinski definition) is 5. The molecule has 0 aliphatic rings. The Morgan fingerprint density at radius 1 is 1.37 bits per heavy atom. The van der Waals surface area contributed by atoms with E-state index in [1.54, 1.807) is 30.1 Å². The Morgan fingerprint density at radius 3 is 2.79 bits per heavy atom. The minimum atomic E-state index is -0.223. The molecule has 0 aliphatic carbocycles. The van der Waals surface area contributed by atoms with Crippen molar-refractivity contribution >= 4 is 11.7 Å². The van der Waals surface area contributed by atoms with Gasteiger partial charge in [-0.05, 0) is 24.1 Å². The highest BCUT2D eigenvalue weighted by Gasteiger charge is 2.07. The van der Waals surface area contributed by atoms with E-state index in [1.165, 1.54) is 0 Å². The van der Waals surface area contributed by atoms with E-state index in [2.05, 4.69) is 25.9 Å². The van der Waals surface area contributed by atoms with Crippen LogP contribution in [0.4, 0.5) is 5.82 Å². The molecule has 1 amide bonds. The number of aryl methyl sites for hydroxylation is 1. The lowest BCUT2D eigenvalue weighted by molar-refractivity contribution is 0.0948. The third kappa shape index (κ3) is 3.51. The maximum atomic E-state index is 11.8. The number of amides is 1. The molecule has 0 bridgehead atoms. The van der Waals surface area contributed by atoms with Gasteiger partial charge in [0.05, 0.1) is 6.20 Å². The van der Waals surface area contributed by atoms with Gasteiger partial charge in [0.1, 0.15) is 5.82 Å². The van der Waals surface area contributed by atoms with Gasteiger partial charge in [-0.3, -0.25) is 9.48 Å². The zero-order valence-corrected chi connectivity index (χ0v) is 10.9. The fraction of sp³-hybridized carbons (Fsp3) is 0.333. The Hall–Kier alpha value is -2.44. The summed E-state index contributed by atoms with van der Waals surface area (Å²) in [5.74, 6) is 0.408. The first-order chi connectivity index (χ1) is 9.19. The van der Waals surface area contributed by atoms with Gasteiger partial charge in [-0.1, -0.05) is 0 Å². The van der Waals surface area contributed by atoms with Crippen molar-refractivity contribution in [3.8, 4) is 0 Å². The van der Waals surface area contributed by atoms with Gasteiger partial charge in [0, 0.05) is 26.8 Å². The van der Waals surface area contributed by atoms with Crippen molar-refractivity contribution in [3.63, 3.8) is 0 Å². The lowest BCUT2D eigenvalue weighted by atomic mass is 10.2. The van der Waals surface area contributed by atoms with Crippen LogP contribution < -0.4 is 10.6 Å². The van der Waals surface area contributed by atoms with Crippen LogP contribution in [0.3, 0.4) is 0 Å². The second-order valence-electron chi connectivity index (χ2n) is 4.08. The van der Waals surface area contributed by atoms with Crippen molar-refractivity contribution in [3.05, 3.63) is 35.8 Å². The summed E-state index contributed by atoms with van der Waals surface area (Å²) in [6.07, 6.45) is 4.45. The highest BCUT2D eigenvalue weighted by atomic mass is 16.1. The number of hydrogen-bond donors (Lipinski definition) is 2. The zero-order valence-electron chi connectivity index (χ0n) is 10.9. The maximum absolute atomic E-state index is 11.8. The second-order valence-corrected chi connectivity index (χ2v) is 4.08. The molecule has 0 saturated heterocycles. The van der Waals surface area contributed by atoms with Gasteiger partial charge in [-0.25, -0.2) is 0 Å². The predicted molar refractivity (Wildman–Crippen MR) is 70.8 cm³/mol. The standard InChI is InChI=1S/C12H16N6O/c1-13-11-4-3-10(16-17-11)12(19)14-6-5-9-7-15-18(2)8-9/h3-4,7-8H,5-6H2,1-2H3,(H,13,17)(H,14,19). The molecule has 100 valence electrons. The first kappa shape index (κ1) is 13.0. The maximum Gasteiger partial charge on any atom is 0.271 e. The molecule has 0 aliphatic heterocycles. The summed E-state index contributed by atoms with van der Waals surface area (Å²) in [4.78, 5) is 11.8. The molecule has 2 aromatic heterocycles. The van der Waals surface area contributed by atoms with E-state index in [0.29, 0.717) is 18.1 Å². The fourth-order valence-corrected chi connectivity index (χ4v) is 1.60. The van der Waals surface area contributed by atoms with Gasteiger partial charge in [-0.15, -0.1) is 10.2 Å². The van der Waals surface area contributed by atoms with Crippen molar-refractivity contribution < 1.29 is 4.79 Å². The van der Waals surface area contributed by atoms with E-state index in [4.69, 9.17) is 0 Å². The molecule has 0 saturated carbocycles. The lowest BCUT2D eigenvalue weighted by Crippen LogP contribution is -2.26. The van der Waals surface area contributed by atoms with E-state index in [1.807, 2.05) is 13.2 Å². The Bertz CT molecular complexity index is 548. The highest BCUT2D eigenvalue weighted by molar-refractivity contribution is 5.92. The van der Waals surface area contributed by atoms with E-state index in [0.717, 1.165) is 12.0 Å². The lowest BCUT2D eigenvalue weighted by Gasteiger charge is -2.03. The van der Waals surface area contributed by atoms with Crippen LogP contribution in [0, 0.1) is 0 Å². The molecule has 0 spiro atoms. The van der Waals surface area contributed by atoms with E-state index < -0.39 is 0 Å². The van der Waals surface area contributed by atoms with Crippen molar-refractivity contribution in [2.75, 3.05) is 18.9 Å². The summed E-state index contributed by atoms with van der Waals surface area (Å²) < 4.78 is 1.74. The van der Waals surface area contributed by atoms with Crippen LogP contribution in [-0.4, -0.2) is 39.5 Å². The summed E-state index contributed by atoms with van der Waals surface area (Å²) >= 11 is 0. The first-order valence-electron chi connectivity index (χ1n) is 5.96. The normalized spacial score (nSPS) is 10.2. The number of carbonyl (C=O) groups is 1. The van der Waals surface area contributed by atoms with Gasteiger partial charge < -0.3 is 10.6 Å². The molecular formula is C12H16N6O. The smallest absolute Gasteiger partial charge is 0.271 e. The largest absolute Gasteiger partial charge is 0.372 e. The molecule has 2 N–H and O–H groups in total. The number of nitrogens with one attached hydrogen (secondary N) is 2. The minimum Gasteiger partial charge on any atom is -0.372 e. The average Bonchev–Trinajstić information content (AvgIpc) is 2.84. The Labute approximate surface area is 111 Å². The minimum absolute atomic E-state index is 0.223. The Balaban J connectivity index is 1.83. The van der Waals surface area contributed by atoms with Gasteiger partial charge in [-0.2, -0.15) is 5.10 Å². The van der Waals surface area contributed by atoms with Crippen molar-refractivity contribution in [1.29, 1.82) is 0 Å².